The molecular weight excluding hydrogens is 399 g/mol. The van der Waals surface area contributed by atoms with Crippen molar-refractivity contribution in [1.29, 1.82) is 0 Å². The second-order valence-corrected chi connectivity index (χ2v) is 6.85. The van der Waals surface area contributed by atoms with E-state index in [-0.39, 0.29) is 24.0 Å². The fourth-order valence-electron chi connectivity index (χ4n) is 3.30. The highest BCUT2D eigenvalue weighted by Crippen LogP contribution is 2.33. The van der Waals surface area contributed by atoms with Crippen LogP contribution in [0.25, 0.3) is 0 Å². The van der Waals surface area contributed by atoms with E-state index in [0.717, 1.165) is 12.1 Å². The van der Waals surface area contributed by atoms with Crippen LogP contribution in [0.3, 0.4) is 0 Å². The number of halogens is 3. The van der Waals surface area contributed by atoms with Crippen molar-refractivity contribution in [2.24, 2.45) is 0 Å². The van der Waals surface area contributed by atoms with Crippen LogP contribution in [0.2, 0.25) is 0 Å². The Kier molecular flexibility index (Phi) is 4.76. The Labute approximate surface area is 169 Å². The van der Waals surface area contributed by atoms with Gasteiger partial charge < -0.3 is 10.2 Å². The van der Waals surface area contributed by atoms with Crippen LogP contribution in [0.1, 0.15) is 39.4 Å². The van der Waals surface area contributed by atoms with Crippen molar-refractivity contribution in [2.45, 2.75) is 19.1 Å². The van der Waals surface area contributed by atoms with Crippen LogP contribution in [-0.4, -0.2) is 33.1 Å². The van der Waals surface area contributed by atoms with Gasteiger partial charge in [-0.15, -0.1) is 0 Å². The molecule has 3 heterocycles. The van der Waals surface area contributed by atoms with E-state index in [9.17, 15) is 22.8 Å². The normalized spacial score (nSPS) is 16.3. The number of pyridine rings is 1. The standard InChI is InChI=1S/C20H16F3N5O2/c1-12-11-27(15-4-2-14(3-5-15)20(21,22)23)19(30)17-16(10-25-28(12)17)26-18(29)13-6-8-24-9-7-13/h2-10,12H,11H2,1H3,(H,26,29)/t12-/m0/s1. The molecule has 7 nitrogen and oxygen atoms in total. The Morgan fingerprint density at radius 2 is 1.80 bits per heavy atom. The van der Waals surface area contributed by atoms with Gasteiger partial charge in [0.1, 0.15) is 0 Å². The van der Waals surface area contributed by atoms with Crippen LogP contribution in [0.5, 0.6) is 0 Å². The van der Waals surface area contributed by atoms with Gasteiger partial charge in [0, 0.05) is 30.2 Å². The Morgan fingerprint density at radius 3 is 2.43 bits per heavy atom. The number of nitrogens with one attached hydrogen (secondary N) is 1. The lowest BCUT2D eigenvalue weighted by Crippen LogP contribution is -2.43. The van der Waals surface area contributed by atoms with Gasteiger partial charge in [-0.2, -0.15) is 18.3 Å². The Balaban J connectivity index is 1.63. The minimum Gasteiger partial charge on any atom is -0.319 e. The van der Waals surface area contributed by atoms with Gasteiger partial charge in [0.25, 0.3) is 11.8 Å². The summed E-state index contributed by atoms with van der Waals surface area (Å²) in [5, 5.41) is 6.87. The first kappa shape index (κ1) is 19.6. The number of fused-ring (bicyclic) bond motifs is 1. The Hall–Kier alpha value is -3.69. The summed E-state index contributed by atoms with van der Waals surface area (Å²) >= 11 is 0. The molecule has 0 saturated carbocycles. The van der Waals surface area contributed by atoms with Crippen molar-refractivity contribution < 1.29 is 22.8 Å². The third-order valence-corrected chi connectivity index (χ3v) is 4.80. The highest BCUT2D eigenvalue weighted by molar-refractivity contribution is 6.13. The van der Waals surface area contributed by atoms with Gasteiger partial charge in [0.2, 0.25) is 0 Å². The number of anilines is 2. The molecular formula is C20H16F3N5O2. The molecule has 154 valence electrons. The zero-order chi connectivity index (χ0) is 21.5. The highest BCUT2D eigenvalue weighted by Gasteiger charge is 2.35. The van der Waals surface area contributed by atoms with Crippen LogP contribution < -0.4 is 10.2 Å². The number of carbonyl (C=O) groups excluding carboxylic acids is 2. The maximum absolute atomic E-state index is 13.1. The average molecular weight is 415 g/mol. The number of aromatic nitrogens is 3. The predicted molar refractivity (Wildman–Crippen MR) is 102 cm³/mol. The molecule has 0 fully saturated rings. The lowest BCUT2D eigenvalue weighted by molar-refractivity contribution is -0.137. The predicted octanol–water partition coefficient (Wildman–Crippen LogP) is 3.77. The van der Waals surface area contributed by atoms with Gasteiger partial charge in [0.05, 0.1) is 23.5 Å². The second kappa shape index (κ2) is 7.29. The second-order valence-electron chi connectivity index (χ2n) is 6.85. The first-order valence-corrected chi connectivity index (χ1v) is 9.03. The van der Waals surface area contributed by atoms with Gasteiger partial charge in [-0.3, -0.25) is 19.3 Å². The van der Waals surface area contributed by atoms with E-state index in [0.29, 0.717) is 11.3 Å². The summed E-state index contributed by atoms with van der Waals surface area (Å²) < 4.78 is 40.0. The van der Waals surface area contributed by atoms with Gasteiger partial charge in [-0.1, -0.05) is 0 Å². The maximum atomic E-state index is 13.1. The molecule has 2 aromatic heterocycles. The van der Waals surface area contributed by atoms with E-state index in [1.54, 1.807) is 0 Å². The SMILES string of the molecule is C[C@H]1CN(c2ccc(C(F)(F)F)cc2)C(=O)c2c(NC(=O)c3ccncc3)cnn21. The molecule has 1 aliphatic rings. The van der Waals surface area contributed by atoms with Crippen LogP contribution in [0.15, 0.2) is 55.0 Å². The molecule has 0 saturated heterocycles. The summed E-state index contributed by atoms with van der Waals surface area (Å²) in [5.74, 6) is -0.893. The quantitative estimate of drug-likeness (QED) is 0.706. The van der Waals surface area contributed by atoms with Crippen LogP contribution in [0, 0.1) is 0 Å². The summed E-state index contributed by atoms with van der Waals surface area (Å²) in [6.07, 6.45) is -0.121. The third-order valence-electron chi connectivity index (χ3n) is 4.80. The Morgan fingerprint density at radius 1 is 1.13 bits per heavy atom. The van der Waals surface area contributed by atoms with Crippen LogP contribution in [0.4, 0.5) is 24.5 Å². The maximum Gasteiger partial charge on any atom is 0.416 e. The lowest BCUT2D eigenvalue weighted by atomic mass is 10.1. The summed E-state index contributed by atoms with van der Waals surface area (Å²) in [6, 6.07) is 7.21. The summed E-state index contributed by atoms with van der Waals surface area (Å²) in [5.41, 5.74) is 0.292. The van der Waals surface area contributed by atoms with Crippen LogP contribution in [-0.2, 0) is 6.18 Å². The molecule has 30 heavy (non-hydrogen) atoms. The molecule has 1 atom stereocenters. The van der Waals surface area contributed by atoms with Crippen molar-refractivity contribution in [1.82, 2.24) is 14.8 Å². The molecule has 3 aromatic rings. The zero-order valence-corrected chi connectivity index (χ0v) is 15.7. The molecule has 10 heteroatoms. The number of amides is 2. The number of nitrogens with zero attached hydrogens (tertiary/aromatic N) is 4. The first-order chi connectivity index (χ1) is 14.3. The van der Waals surface area contributed by atoms with Crippen molar-refractivity contribution in [3.05, 3.63) is 71.8 Å². The van der Waals surface area contributed by atoms with Gasteiger partial charge >= 0.3 is 6.18 Å². The molecule has 0 unspecified atom stereocenters. The number of hydrogen-bond acceptors (Lipinski definition) is 4. The molecule has 0 aliphatic carbocycles. The molecule has 0 spiro atoms. The van der Waals surface area contributed by atoms with Crippen molar-refractivity contribution >= 4 is 23.2 Å². The van der Waals surface area contributed by atoms with Crippen molar-refractivity contribution in [3.63, 3.8) is 0 Å². The minimum atomic E-state index is -4.46. The summed E-state index contributed by atoms with van der Waals surface area (Å²) in [6.45, 7) is 2.06. The van der Waals surface area contributed by atoms with Gasteiger partial charge in [-0.05, 0) is 43.3 Å². The lowest BCUT2D eigenvalue weighted by Gasteiger charge is -2.32. The number of carbonyl (C=O) groups is 2. The summed E-state index contributed by atoms with van der Waals surface area (Å²) in [4.78, 5) is 30.8. The van der Waals surface area contributed by atoms with E-state index in [1.807, 2.05) is 6.92 Å². The number of benzene rings is 1. The Bertz CT molecular complexity index is 1090. The van der Waals surface area contributed by atoms with E-state index in [4.69, 9.17) is 0 Å². The van der Waals surface area contributed by atoms with Gasteiger partial charge in [0.15, 0.2) is 5.69 Å². The number of alkyl halides is 3. The third kappa shape index (κ3) is 3.51. The van der Waals surface area contributed by atoms with E-state index in [2.05, 4.69) is 15.4 Å². The zero-order valence-electron chi connectivity index (χ0n) is 15.7. The molecule has 2 amide bonds. The molecule has 0 bridgehead atoms. The molecule has 1 aromatic carbocycles. The molecule has 1 N–H and O–H groups in total. The highest BCUT2D eigenvalue weighted by atomic mass is 19.4. The minimum absolute atomic E-state index is 0.163. The fourth-order valence-corrected chi connectivity index (χ4v) is 3.30. The van der Waals surface area contributed by atoms with E-state index < -0.39 is 23.6 Å². The smallest absolute Gasteiger partial charge is 0.319 e. The largest absolute Gasteiger partial charge is 0.416 e. The number of rotatable bonds is 3. The molecule has 4 rings (SSSR count). The molecule has 0 radical (unpaired) electrons. The van der Waals surface area contributed by atoms with Crippen LogP contribution >= 0.6 is 0 Å². The van der Waals surface area contributed by atoms with Gasteiger partial charge in [-0.25, -0.2) is 0 Å². The fraction of sp³-hybridized carbons (Fsp3) is 0.200. The molecule has 1 aliphatic heterocycles. The van der Waals surface area contributed by atoms with E-state index in [1.165, 1.54) is 52.4 Å². The average Bonchev–Trinajstić information content (AvgIpc) is 3.15. The summed E-state index contributed by atoms with van der Waals surface area (Å²) in [7, 11) is 0. The number of hydrogen-bond donors (Lipinski definition) is 1. The van der Waals surface area contributed by atoms with Crippen molar-refractivity contribution in [3.8, 4) is 0 Å². The monoisotopic (exact) mass is 415 g/mol. The first-order valence-electron chi connectivity index (χ1n) is 9.03. The topological polar surface area (TPSA) is 80.1 Å². The van der Waals surface area contributed by atoms with Crippen molar-refractivity contribution in [2.75, 3.05) is 16.8 Å². The van der Waals surface area contributed by atoms with E-state index >= 15 is 0 Å².